The van der Waals surface area contributed by atoms with E-state index in [0.717, 1.165) is 16.4 Å². The first-order valence-corrected chi connectivity index (χ1v) is 5.43. The Kier molecular flexibility index (Phi) is 3.65. The van der Waals surface area contributed by atoms with Crippen LogP contribution in [-0.2, 0) is 6.42 Å². The Morgan fingerprint density at radius 3 is 2.92 bits per heavy atom. The van der Waals surface area contributed by atoms with Gasteiger partial charge in [-0.05, 0) is 25.0 Å². The molecule has 0 radical (unpaired) electrons. The first-order valence-electron chi connectivity index (χ1n) is 3.90. The van der Waals surface area contributed by atoms with Gasteiger partial charge in [-0.2, -0.15) is 0 Å². The highest BCUT2D eigenvalue weighted by atomic mass is 127. The zero-order chi connectivity index (χ0) is 9.84. The van der Waals surface area contributed by atoms with E-state index in [-0.39, 0.29) is 11.7 Å². The van der Waals surface area contributed by atoms with E-state index in [1.807, 2.05) is 0 Å². The number of carbonyl (C=O) groups is 1. The van der Waals surface area contributed by atoms with Gasteiger partial charge >= 0.3 is 0 Å². The summed E-state index contributed by atoms with van der Waals surface area (Å²) in [6, 6.07) is 1.77. The van der Waals surface area contributed by atoms with E-state index in [9.17, 15) is 9.90 Å². The molecule has 1 rings (SSSR count). The summed E-state index contributed by atoms with van der Waals surface area (Å²) in [5.41, 5.74) is 1.23. The van der Waals surface area contributed by atoms with E-state index in [0.29, 0.717) is 5.56 Å². The van der Waals surface area contributed by atoms with Crippen LogP contribution in [0.2, 0.25) is 0 Å². The number of halogens is 1. The second kappa shape index (κ2) is 4.55. The largest absolute Gasteiger partial charge is 0.493 e. The van der Waals surface area contributed by atoms with Crippen molar-refractivity contribution < 1.29 is 9.90 Å². The van der Waals surface area contributed by atoms with Crippen LogP contribution in [0.3, 0.4) is 0 Å². The molecule has 0 amide bonds. The standard InChI is InChI=1S/C9H10INO2/c1-6(12)8-7(2-4-10)3-5-11-9(8)13/h3,5H,2,4H2,1H3,(H,11,13). The Morgan fingerprint density at radius 1 is 1.69 bits per heavy atom. The van der Waals surface area contributed by atoms with E-state index in [1.54, 1.807) is 6.07 Å². The smallest absolute Gasteiger partial charge is 0.222 e. The van der Waals surface area contributed by atoms with Gasteiger partial charge in [-0.25, -0.2) is 4.98 Å². The Hall–Kier alpha value is -0.650. The zero-order valence-electron chi connectivity index (χ0n) is 7.25. The van der Waals surface area contributed by atoms with Crippen LogP contribution in [0.4, 0.5) is 0 Å². The predicted molar refractivity (Wildman–Crippen MR) is 58.5 cm³/mol. The number of pyridine rings is 1. The maximum atomic E-state index is 11.2. The van der Waals surface area contributed by atoms with Crippen LogP contribution >= 0.6 is 22.6 Å². The van der Waals surface area contributed by atoms with Crippen molar-refractivity contribution in [1.82, 2.24) is 4.98 Å². The number of nitrogens with zero attached hydrogens (tertiary/aromatic N) is 1. The molecule has 1 aromatic rings. The van der Waals surface area contributed by atoms with Crippen molar-refractivity contribution in [1.29, 1.82) is 0 Å². The van der Waals surface area contributed by atoms with Gasteiger partial charge in [-0.15, -0.1) is 0 Å². The minimum Gasteiger partial charge on any atom is -0.493 e. The molecule has 0 saturated heterocycles. The highest BCUT2D eigenvalue weighted by Crippen LogP contribution is 2.19. The summed E-state index contributed by atoms with van der Waals surface area (Å²) in [6.45, 7) is 1.44. The van der Waals surface area contributed by atoms with Crippen molar-refractivity contribution in [3.05, 3.63) is 23.4 Å². The van der Waals surface area contributed by atoms with E-state index in [4.69, 9.17) is 0 Å². The SMILES string of the molecule is CC(=O)c1c(CCI)ccnc1O. The number of aromatic nitrogens is 1. The topological polar surface area (TPSA) is 50.2 Å². The quantitative estimate of drug-likeness (QED) is 0.526. The van der Waals surface area contributed by atoms with Gasteiger partial charge in [0.25, 0.3) is 0 Å². The molecule has 13 heavy (non-hydrogen) atoms. The summed E-state index contributed by atoms with van der Waals surface area (Å²) in [7, 11) is 0. The molecule has 0 aliphatic carbocycles. The van der Waals surface area contributed by atoms with Crippen molar-refractivity contribution in [2.24, 2.45) is 0 Å². The minimum absolute atomic E-state index is 0.134. The van der Waals surface area contributed by atoms with Crippen molar-refractivity contribution in [3.63, 3.8) is 0 Å². The molecular formula is C9H10INO2. The second-order valence-electron chi connectivity index (χ2n) is 2.66. The number of hydrogen-bond acceptors (Lipinski definition) is 3. The lowest BCUT2D eigenvalue weighted by molar-refractivity contribution is 0.101. The van der Waals surface area contributed by atoms with Crippen molar-refractivity contribution in [3.8, 4) is 5.88 Å². The van der Waals surface area contributed by atoms with E-state index in [2.05, 4.69) is 27.6 Å². The van der Waals surface area contributed by atoms with Gasteiger partial charge in [0.15, 0.2) is 5.78 Å². The second-order valence-corrected chi connectivity index (χ2v) is 3.74. The number of carbonyl (C=O) groups excluding carboxylic acids is 1. The van der Waals surface area contributed by atoms with Gasteiger partial charge in [0.1, 0.15) is 0 Å². The van der Waals surface area contributed by atoms with Gasteiger partial charge in [0.2, 0.25) is 5.88 Å². The summed E-state index contributed by atoms with van der Waals surface area (Å²) in [6.07, 6.45) is 2.30. The molecule has 0 aromatic carbocycles. The van der Waals surface area contributed by atoms with Gasteiger partial charge in [-0.1, -0.05) is 22.6 Å². The number of aryl methyl sites for hydroxylation is 1. The number of alkyl halides is 1. The molecule has 0 unspecified atom stereocenters. The fraction of sp³-hybridized carbons (Fsp3) is 0.333. The summed E-state index contributed by atoms with van der Waals surface area (Å²) in [5.74, 6) is -0.291. The monoisotopic (exact) mass is 291 g/mol. The van der Waals surface area contributed by atoms with Crippen LogP contribution in [0, 0.1) is 0 Å². The molecule has 0 atom stereocenters. The molecule has 0 saturated carbocycles. The maximum Gasteiger partial charge on any atom is 0.222 e. The van der Waals surface area contributed by atoms with Gasteiger partial charge in [0.05, 0.1) is 5.56 Å². The third-order valence-electron chi connectivity index (χ3n) is 1.73. The molecule has 0 aliphatic rings. The number of Topliss-reactive ketones (excluding diaryl/α,β-unsaturated/α-hetero) is 1. The third kappa shape index (κ3) is 2.40. The molecule has 1 N–H and O–H groups in total. The van der Waals surface area contributed by atoms with Gasteiger partial charge in [-0.3, -0.25) is 4.79 Å². The maximum absolute atomic E-state index is 11.2. The molecule has 0 aliphatic heterocycles. The van der Waals surface area contributed by atoms with Crippen LogP contribution in [0.15, 0.2) is 12.3 Å². The van der Waals surface area contributed by atoms with Gasteiger partial charge < -0.3 is 5.11 Å². The van der Waals surface area contributed by atoms with Crippen LogP contribution < -0.4 is 0 Å². The fourth-order valence-electron chi connectivity index (χ4n) is 1.18. The average Bonchev–Trinajstić information content (AvgIpc) is 2.04. The highest BCUT2D eigenvalue weighted by Gasteiger charge is 2.12. The normalized spacial score (nSPS) is 10.0. The molecule has 0 fully saturated rings. The lowest BCUT2D eigenvalue weighted by Gasteiger charge is -2.05. The minimum atomic E-state index is -0.158. The number of hydrogen-bond donors (Lipinski definition) is 1. The van der Waals surface area contributed by atoms with Crippen molar-refractivity contribution in [2.45, 2.75) is 13.3 Å². The molecular weight excluding hydrogens is 281 g/mol. The summed E-state index contributed by atoms with van der Waals surface area (Å²) < 4.78 is 0.918. The summed E-state index contributed by atoms with van der Waals surface area (Å²) in [5, 5.41) is 9.35. The van der Waals surface area contributed by atoms with Crippen molar-refractivity contribution >= 4 is 28.4 Å². The van der Waals surface area contributed by atoms with E-state index < -0.39 is 0 Å². The molecule has 0 bridgehead atoms. The number of aromatic hydroxyl groups is 1. The van der Waals surface area contributed by atoms with Crippen LogP contribution in [0.5, 0.6) is 5.88 Å². The van der Waals surface area contributed by atoms with E-state index >= 15 is 0 Å². The molecule has 1 heterocycles. The Morgan fingerprint density at radius 2 is 2.38 bits per heavy atom. The first kappa shape index (κ1) is 10.4. The van der Waals surface area contributed by atoms with Crippen LogP contribution in [0.25, 0.3) is 0 Å². The van der Waals surface area contributed by atoms with Crippen LogP contribution in [-0.4, -0.2) is 20.3 Å². The number of ketones is 1. The van der Waals surface area contributed by atoms with Crippen LogP contribution in [0.1, 0.15) is 22.8 Å². The van der Waals surface area contributed by atoms with Gasteiger partial charge in [0, 0.05) is 10.6 Å². The molecule has 1 aromatic heterocycles. The Labute approximate surface area is 90.3 Å². The summed E-state index contributed by atoms with van der Waals surface area (Å²) in [4.78, 5) is 14.8. The molecule has 3 nitrogen and oxygen atoms in total. The lowest BCUT2D eigenvalue weighted by Crippen LogP contribution is -2.02. The fourth-order valence-corrected chi connectivity index (χ4v) is 1.76. The number of rotatable bonds is 3. The Bertz CT molecular complexity index is 325. The highest BCUT2D eigenvalue weighted by molar-refractivity contribution is 14.1. The molecule has 0 spiro atoms. The van der Waals surface area contributed by atoms with Crippen molar-refractivity contribution in [2.75, 3.05) is 4.43 Å². The average molecular weight is 291 g/mol. The predicted octanol–water partition coefficient (Wildman–Crippen LogP) is 1.97. The molecule has 70 valence electrons. The third-order valence-corrected chi connectivity index (χ3v) is 2.27. The first-order chi connectivity index (χ1) is 6.16. The van der Waals surface area contributed by atoms with E-state index in [1.165, 1.54) is 13.1 Å². The Balaban J connectivity index is 3.17. The lowest BCUT2D eigenvalue weighted by atomic mass is 10.0. The molecule has 4 heteroatoms. The summed E-state index contributed by atoms with van der Waals surface area (Å²) >= 11 is 2.23. The zero-order valence-corrected chi connectivity index (χ0v) is 9.41.